The summed E-state index contributed by atoms with van der Waals surface area (Å²) in [4.78, 5) is 4.87. The molecule has 0 aliphatic heterocycles. The molecular weight excluding hydrogens is 420 g/mol. The fourth-order valence-electron chi connectivity index (χ4n) is 4.17. The lowest BCUT2D eigenvalue weighted by atomic mass is 9.96. The number of fused-ring (bicyclic) bond motifs is 1. The van der Waals surface area contributed by atoms with E-state index in [1.807, 2.05) is 26.8 Å². The van der Waals surface area contributed by atoms with Gasteiger partial charge in [-0.2, -0.15) is 0 Å². The Bertz CT molecular complexity index is 1390. The summed E-state index contributed by atoms with van der Waals surface area (Å²) in [5.41, 5.74) is 6.56. The molecule has 2 heterocycles. The average Bonchev–Trinajstić information content (AvgIpc) is 3.11. The summed E-state index contributed by atoms with van der Waals surface area (Å²) in [6.07, 6.45) is 4.00. The zero-order chi connectivity index (χ0) is 23.2. The van der Waals surface area contributed by atoms with Gasteiger partial charge in [0.2, 0.25) is 0 Å². The van der Waals surface area contributed by atoms with Crippen molar-refractivity contribution in [2.45, 2.75) is 51.9 Å². The van der Waals surface area contributed by atoms with Gasteiger partial charge in [0.05, 0.1) is 16.6 Å². The lowest BCUT2D eigenvalue weighted by Gasteiger charge is -2.11. The number of hydrogen-bond donors (Lipinski definition) is 1. The third-order valence-electron chi connectivity index (χ3n) is 5.98. The number of aryl methyl sites for hydroxylation is 3. The van der Waals surface area contributed by atoms with E-state index >= 15 is 0 Å². The molecule has 0 spiro atoms. The molecule has 4 rings (SSSR count). The Kier molecular flexibility index (Phi) is 5.59. The van der Waals surface area contributed by atoms with Crippen LogP contribution in [0.1, 0.15) is 53.3 Å². The summed E-state index contributed by atoms with van der Waals surface area (Å²) in [6.45, 7) is 10.0. The zero-order valence-corrected chi connectivity index (χ0v) is 19.9. The maximum absolute atomic E-state index is 13.4. The summed E-state index contributed by atoms with van der Waals surface area (Å²) in [5, 5.41) is 10.7. The third kappa shape index (κ3) is 3.91. The van der Waals surface area contributed by atoms with Gasteiger partial charge in [-0.1, -0.05) is 31.5 Å². The number of benzene rings is 2. The second kappa shape index (κ2) is 8.10. The Balaban J connectivity index is 1.84. The fourth-order valence-corrected chi connectivity index (χ4v) is 5.54. The number of pyridine rings is 1. The minimum absolute atomic E-state index is 0.152. The van der Waals surface area contributed by atoms with Gasteiger partial charge in [-0.25, -0.2) is 12.4 Å². The molecule has 0 radical (unpaired) electrons. The molecule has 0 unspecified atom stereocenters. The van der Waals surface area contributed by atoms with Gasteiger partial charge in [-0.05, 0) is 79.3 Å². The van der Waals surface area contributed by atoms with Crippen LogP contribution >= 0.6 is 0 Å². The topological polar surface area (TPSA) is 72.2 Å². The quantitative estimate of drug-likeness (QED) is 0.430. The first-order valence-corrected chi connectivity index (χ1v) is 12.1. The predicted molar refractivity (Wildman–Crippen MR) is 128 cm³/mol. The van der Waals surface area contributed by atoms with Gasteiger partial charge in [0, 0.05) is 23.7 Å². The highest BCUT2D eigenvalue weighted by molar-refractivity contribution is 7.90. The van der Waals surface area contributed by atoms with Gasteiger partial charge >= 0.3 is 0 Å². The van der Waals surface area contributed by atoms with Gasteiger partial charge in [0.1, 0.15) is 5.75 Å². The first kappa shape index (κ1) is 22.1. The molecular formula is C26H28N2O3S. The molecule has 4 aromatic rings. The predicted octanol–water partition coefficient (Wildman–Crippen LogP) is 5.62. The van der Waals surface area contributed by atoms with Crippen molar-refractivity contribution < 1.29 is 13.5 Å². The van der Waals surface area contributed by atoms with Crippen LogP contribution in [0.15, 0.2) is 59.8 Å². The average molecular weight is 449 g/mol. The Hall–Kier alpha value is -3.12. The van der Waals surface area contributed by atoms with E-state index < -0.39 is 10.0 Å². The Morgan fingerprint density at radius 2 is 1.62 bits per heavy atom. The molecule has 0 saturated carbocycles. The standard InChI is InChI=1S/C26H28N2O3S/c1-16(2)25-15-28(32(30,31)22-8-6-17(3)7-9-22)26-14-27-20(13-24(25)26)12-23-18(4)10-21(29)11-19(23)5/h6-11,13-16,29H,12H2,1-5H3. The summed E-state index contributed by atoms with van der Waals surface area (Å²) in [6, 6.07) is 12.4. The van der Waals surface area contributed by atoms with Crippen LogP contribution in [0.3, 0.4) is 0 Å². The van der Waals surface area contributed by atoms with Crippen LogP contribution in [0.2, 0.25) is 0 Å². The monoisotopic (exact) mass is 448 g/mol. The van der Waals surface area contributed by atoms with Crippen molar-refractivity contribution in [3.63, 3.8) is 0 Å². The van der Waals surface area contributed by atoms with Gasteiger partial charge < -0.3 is 5.11 Å². The van der Waals surface area contributed by atoms with Gasteiger partial charge in [0.15, 0.2) is 0 Å². The second-order valence-electron chi connectivity index (χ2n) is 8.78. The van der Waals surface area contributed by atoms with Crippen LogP contribution in [0.25, 0.3) is 10.9 Å². The lowest BCUT2D eigenvalue weighted by molar-refractivity contribution is 0.474. The van der Waals surface area contributed by atoms with Crippen LogP contribution in [0, 0.1) is 20.8 Å². The SMILES string of the molecule is Cc1ccc(S(=O)(=O)n2cc(C(C)C)c3cc(Cc4c(C)cc(O)cc4C)ncc32)cc1. The highest BCUT2D eigenvalue weighted by Gasteiger charge is 2.23. The van der Waals surface area contributed by atoms with Crippen molar-refractivity contribution >= 4 is 20.9 Å². The van der Waals surface area contributed by atoms with Crippen molar-refractivity contribution in [2.75, 3.05) is 0 Å². The van der Waals surface area contributed by atoms with Crippen molar-refractivity contribution in [3.8, 4) is 5.75 Å². The largest absolute Gasteiger partial charge is 0.508 e. The fraction of sp³-hybridized carbons (Fsp3) is 0.269. The van der Waals surface area contributed by atoms with Crippen LogP contribution in [0.4, 0.5) is 0 Å². The molecule has 0 fully saturated rings. The maximum Gasteiger partial charge on any atom is 0.268 e. The molecule has 0 atom stereocenters. The number of hydrogen-bond acceptors (Lipinski definition) is 4. The van der Waals surface area contributed by atoms with E-state index in [-0.39, 0.29) is 16.6 Å². The molecule has 1 N–H and O–H groups in total. The van der Waals surface area contributed by atoms with Crippen LogP contribution in [-0.2, 0) is 16.4 Å². The molecule has 0 aliphatic carbocycles. The van der Waals surface area contributed by atoms with Crippen LogP contribution in [0.5, 0.6) is 5.75 Å². The van der Waals surface area contributed by atoms with E-state index in [2.05, 4.69) is 18.8 Å². The summed E-state index contributed by atoms with van der Waals surface area (Å²) in [7, 11) is -3.74. The lowest BCUT2D eigenvalue weighted by Crippen LogP contribution is -2.12. The van der Waals surface area contributed by atoms with Gasteiger partial charge in [-0.15, -0.1) is 0 Å². The number of rotatable bonds is 5. The number of phenolic OH excluding ortho intramolecular Hbond substituents is 1. The number of phenols is 1. The Morgan fingerprint density at radius 3 is 2.22 bits per heavy atom. The molecule has 0 aliphatic rings. The number of aromatic nitrogens is 2. The molecule has 32 heavy (non-hydrogen) atoms. The van der Waals surface area contributed by atoms with Crippen molar-refractivity contribution in [1.29, 1.82) is 0 Å². The van der Waals surface area contributed by atoms with Gasteiger partial charge in [0.25, 0.3) is 10.0 Å². The highest BCUT2D eigenvalue weighted by atomic mass is 32.2. The molecule has 0 amide bonds. The minimum Gasteiger partial charge on any atom is -0.508 e. The first-order chi connectivity index (χ1) is 15.1. The first-order valence-electron chi connectivity index (χ1n) is 10.7. The smallest absolute Gasteiger partial charge is 0.268 e. The van der Waals surface area contributed by atoms with Crippen molar-refractivity contribution in [1.82, 2.24) is 8.96 Å². The van der Waals surface area contributed by atoms with E-state index in [4.69, 9.17) is 0 Å². The maximum atomic E-state index is 13.4. The van der Waals surface area contributed by atoms with E-state index in [1.165, 1.54) is 3.97 Å². The third-order valence-corrected chi connectivity index (χ3v) is 7.67. The molecule has 2 aromatic heterocycles. The van der Waals surface area contributed by atoms with E-state index in [0.29, 0.717) is 11.9 Å². The van der Waals surface area contributed by atoms with E-state index in [9.17, 15) is 13.5 Å². The minimum atomic E-state index is -3.74. The zero-order valence-electron chi connectivity index (χ0n) is 19.0. The summed E-state index contributed by atoms with van der Waals surface area (Å²) >= 11 is 0. The second-order valence-corrected chi connectivity index (χ2v) is 10.6. The normalized spacial score (nSPS) is 12.1. The molecule has 5 nitrogen and oxygen atoms in total. The molecule has 2 aromatic carbocycles. The number of aromatic hydroxyl groups is 1. The molecule has 166 valence electrons. The summed E-state index contributed by atoms with van der Waals surface area (Å²) < 4.78 is 28.2. The Labute approximate surface area is 189 Å². The molecule has 6 heteroatoms. The molecule has 0 saturated heterocycles. The van der Waals surface area contributed by atoms with E-state index in [1.54, 1.807) is 48.8 Å². The summed E-state index contributed by atoms with van der Waals surface area (Å²) in [5.74, 6) is 0.409. The highest BCUT2D eigenvalue weighted by Crippen LogP contribution is 2.32. The van der Waals surface area contributed by atoms with Crippen molar-refractivity contribution in [2.24, 2.45) is 0 Å². The van der Waals surface area contributed by atoms with Crippen LogP contribution in [-0.4, -0.2) is 22.5 Å². The van der Waals surface area contributed by atoms with Gasteiger partial charge in [-0.3, -0.25) is 4.98 Å². The molecule has 0 bridgehead atoms. The number of nitrogens with zero attached hydrogens (tertiary/aromatic N) is 2. The van der Waals surface area contributed by atoms with E-state index in [0.717, 1.165) is 38.9 Å². The Morgan fingerprint density at radius 1 is 1.00 bits per heavy atom. The van der Waals surface area contributed by atoms with Crippen molar-refractivity contribution in [3.05, 3.63) is 88.4 Å². The van der Waals surface area contributed by atoms with Crippen LogP contribution < -0.4 is 0 Å².